The van der Waals surface area contributed by atoms with Gasteiger partial charge in [0, 0.05) is 0 Å². The number of para-hydroxylation sites is 1. The van der Waals surface area contributed by atoms with Gasteiger partial charge in [0.2, 0.25) is 0 Å². The van der Waals surface area contributed by atoms with Gasteiger partial charge in [-0.1, -0.05) is 23.4 Å². The molecule has 0 bridgehead atoms. The molecule has 1 saturated heterocycles. The molecule has 0 radical (unpaired) electrons. The average molecular weight is 242 g/mol. The minimum atomic E-state index is 0.757. The molecule has 1 aromatic heterocycles. The topological polar surface area (TPSA) is 42.7 Å². The molecule has 2 aromatic rings. The summed E-state index contributed by atoms with van der Waals surface area (Å²) in [7, 11) is 0. The summed E-state index contributed by atoms with van der Waals surface area (Å²) in [5.74, 6) is 0.757. The monoisotopic (exact) mass is 242 g/mol. The first-order chi connectivity index (χ1) is 8.93. The van der Waals surface area contributed by atoms with E-state index in [1.54, 1.807) is 0 Å². The Kier molecular flexibility index (Phi) is 3.37. The predicted octanol–water partition coefficient (Wildman–Crippen LogP) is 1.81. The molecule has 0 amide bonds. The van der Waals surface area contributed by atoms with Crippen LogP contribution in [0.4, 0.5) is 0 Å². The third-order valence-electron chi connectivity index (χ3n) is 3.58. The first-order valence-corrected chi connectivity index (χ1v) is 6.59. The number of benzene rings is 1. The second-order valence-electron chi connectivity index (χ2n) is 4.87. The molecule has 0 spiro atoms. The second kappa shape index (κ2) is 5.31. The fourth-order valence-electron chi connectivity index (χ4n) is 2.56. The Morgan fingerprint density at radius 3 is 2.72 bits per heavy atom. The molecule has 0 atom stereocenters. The molecular formula is C14H18N4. The van der Waals surface area contributed by atoms with E-state index in [0.717, 1.165) is 31.1 Å². The van der Waals surface area contributed by atoms with E-state index in [9.17, 15) is 0 Å². The molecule has 0 aliphatic carbocycles. The average Bonchev–Trinajstić information content (AvgIpc) is 2.89. The molecular weight excluding hydrogens is 224 g/mol. The van der Waals surface area contributed by atoms with Gasteiger partial charge >= 0.3 is 0 Å². The van der Waals surface area contributed by atoms with E-state index in [4.69, 9.17) is 0 Å². The zero-order valence-corrected chi connectivity index (χ0v) is 10.4. The highest BCUT2D eigenvalue weighted by atomic mass is 15.4. The highest BCUT2D eigenvalue weighted by molar-refractivity contribution is 5.31. The summed E-state index contributed by atoms with van der Waals surface area (Å²) < 4.78 is 1.96. The van der Waals surface area contributed by atoms with Gasteiger partial charge in [0.15, 0.2) is 0 Å². The van der Waals surface area contributed by atoms with E-state index < -0.39 is 0 Å². The van der Waals surface area contributed by atoms with Gasteiger partial charge in [0.25, 0.3) is 0 Å². The van der Waals surface area contributed by atoms with Crippen molar-refractivity contribution in [2.75, 3.05) is 13.1 Å². The molecule has 3 rings (SSSR count). The molecule has 2 heterocycles. The van der Waals surface area contributed by atoms with Crippen LogP contribution in [0.25, 0.3) is 5.69 Å². The SMILES string of the molecule is c1ccc(-n2nncc2CC2CCNCC2)cc1. The molecule has 0 saturated carbocycles. The van der Waals surface area contributed by atoms with Crippen LogP contribution in [0.2, 0.25) is 0 Å². The van der Waals surface area contributed by atoms with E-state index in [0.29, 0.717) is 0 Å². The minimum Gasteiger partial charge on any atom is -0.317 e. The zero-order chi connectivity index (χ0) is 12.2. The van der Waals surface area contributed by atoms with Crippen molar-refractivity contribution in [1.29, 1.82) is 0 Å². The molecule has 1 N–H and O–H groups in total. The van der Waals surface area contributed by atoms with Gasteiger partial charge in [-0.25, -0.2) is 4.68 Å². The van der Waals surface area contributed by atoms with E-state index in [-0.39, 0.29) is 0 Å². The van der Waals surface area contributed by atoms with Crippen molar-refractivity contribution in [3.05, 3.63) is 42.2 Å². The largest absolute Gasteiger partial charge is 0.317 e. The third kappa shape index (κ3) is 2.43. The maximum Gasteiger partial charge on any atom is 0.0729 e. The van der Waals surface area contributed by atoms with E-state index >= 15 is 0 Å². The molecule has 1 aliphatic rings. The van der Waals surface area contributed by atoms with Gasteiger partial charge in [-0.05, 0) is 50.4 Å². The van der Waals surface area contributed by atoms with Crippen LogP contribution in [0.5, 0.6) is 0 Å². The highest BCUT2D eigenvalue weighted by Crippen LogP contribution is 2.19. The van der Waals surface area contributed by atoms with Crippen molar-refractivity contribution in [2.24, 2.45) is 5.92 Å². The van der Waals surface area contributed by atoms with Crippen molar-refractivity contribution in [2.45, 2.75) is 19.3 Å². The number of hydrogen-bond acceptors (Lipinski definition) is 3. The van der Waals surface area contributed by atoms with Crippen LogP contribution < -0.4 is 5.32 Å². The molecule has 0 unspecified atom stereocenters. The van der Waals surface area contributed by atoms with E-state index in [1.807, 2.05) is 29.1 Å². The van der Waals surface area contributed by atoms with Gasteiger partial charge in [-0.3, -0.25) is 0 Å². The van der Waals surface area contributed by atoms with Crippen LogP contribution in [-0.2, 0) is 6.42 Å². The lowest BCUT2D eigenvalue weighted by molar-refractivity contribution is 0.368. The van der Waals surface area contributed by atoms with Crippen LogP contribution in [0.3, 0.4) is 0 Å². The fourth-order valence-corrected chi connectivity index (χ4v) is 2.56. The van der Waals surface area contributed by atoms with Gasteiger partial charge in [-0.2, -0.15) is 0 Å². The first kappa shape index (κ1) is 11.4. The molecule has 94 valence electrons. The highest BCUT2D eigenvalue weighted by Gasteiger charge is 2.16. The fraction of sp³-hybridized carbons (Fsp3) is 0.429. The summed E-state index contributed by atoms with van der Waals surface area (Å²) in [4.78, 5) is 0. The molecule has 1 aromatic carbocycles. The van der Waals surface area contributed by atoms with Gasteiger partial charge in [0.05, 0.1) is 17.6 Å². The Labute approximate surface area is 107 Å². The third-order valence-corrected chi connectivity index (χ3v) is 3.58. The summed E-state index contributed by atoms with van der Waals surface area (Å²) >= 11 is 0. The van der Waals surface area contributed by atoms with Crippen molar-refractivity contribution < 1.29 is 0 Å². The lowest BCUT2D eigenvalue weighted by Gasteiger charge is -2.22. The van der Waals surface area contributed by atoms with Gasteiger partial charge < -0.3 is 5.32 Å². The van der Waals surface area contributed by atoms with E-state index in [2.05, 4.69) is 27.8 Å². The van der Waals surface area contributed by atoms with Crippen molar-refractivity contribution in [3.8, 4) is 5.69 Å². The van der Waals surface area contributed by atoms with Crippen molar-refractivity contribution in [1.82, 2.24) is 20.3 Å². The minimum absolute atomic E-state index is 0.757. The zero-order valence-electron chi connectivity index (χ0n) is 10.4. The molecule has 4 nitrogen and oxygen atoms in total. The smallest absolute Gasteiger partial charge is 0.0729 e. The standard InChI is InChI=1S/C14H18N4/c1-2-4-13(5-3-1)18-14(11-16-17-18)10-12-6-8-15-9-7-12/h1-5,11-12,15H,6-10H2. The Morgan fingerprint density at radius 1 is 1.17 bits per heavy atom. The number of aromatic nitrogens is 3. The maximum atomic E-state index is 4.20. The summed E-state index contributed by atoms with van der Waals surface area (Å²) in [5, 5.41) is 11.7. The molecule has 4 heteroatoms. The summed E-state index contributed by atoms with van der Waals surface area (Å²) in [5.41, 5.74) is 2.31. The lowest BCUT2D eigenvalue weighted by Crippen LogP contribution is -2.29. The van der Waals surface area contributed by atoms with Crippen LogP contribution in [0.15, 0.2) is 36.5 Å². The molecule has 18 heavy (non-hydrogen) atoms. The van der Waals surface area contributed by atoms with Crippen LogP contribution in [-0.4, -0.2) is 28.1 Å². The Morgan fingerprint density at radius 2 is 1.94 bits per heavy atom. The molecule has 1 aliphatic heterocycles. The predicted molar refractivity (Wildman–Crippen MR) is 70.7 cm³/mol. The van der Waals surface area contributed by atoms with Crippen molar-refractivity contribution in [3.63, 3.8) is 0 Å². The Balaban J connectivity index is 1.79. The number of piperidine rings is 1. The maximum absolute atomic E-state index is 4.20. The second-order valence-corrected chi connectivity index (χ2v) is 4.87. The number of nitrogens with zero attached hydrogens (tertiary/aromatic N) is 3. The van der Waals surface area contributed by atoms with E-state index in [1.165, 1.54) is 18.5 Å². The van der Waals surface area contributed by atoms with Gasteiger partial charge in [0.1, 0.15) is 0 Å². The van der Waals surface area contributed by atoms with Gasteiger partial charge in [-0.15, -0.1) is 5.10 Å². The first-order valence-electron chi connectivity index (χ1n) is 6.59. The number of hydrogen-bond donors (Lipinski definition) is 1. The lowest BCUT2D eigenvalue weighted by atomic mass is 9.93. The Bertz CT molecular complexity index is 486. The quantitative estimate of drug-likeness (QED) is 0.892. The number of rotatable bonds is 3. The summed E-state index contributed by atoms with van der Waals surface area (Å²) in [6.07, 6.45) is 5.47. The normalized spacial score (nSPS) is 16.9. The van der Waals surface area contributed by atoms with Crippen LogP contribution >= 0.6 is 0 Å². The summed E-state index contributed by atoms with van der Waals surface area (Å²) in [6, 6.07) is 10.2. The summed E-state index contributed by atoms with van der Waals surface area (Å²) in [6.45, 7) is 2.27. The molecule has 1 fully saturated rings. The Hall–Kier alpha value is -1.68. The van der Waals surface area contributed by atoms with Crippen LogP contribution in [0, 0.1) is 5.92 Å². The van der Waals surface area contributed by atoms with Crippen molar-refractivity contribution >= 4 is 0 Å². The van der Waals surface area contributed by atoms with Crippen LogP contribution in [0.1, 0.15) is 18.5 Å². The number of nitrogens with one attached hydrogen (secondary N) is 1.